The van der Waals surface area contributed by atoms with E-state index in [9.17, 15) is 0 Å². The molecule has 2 aromatic heterocycles. The zero-order chi connectivity index (χ0) is 13.6. The van der Waals surface area contributed by atoms with Gasteiger partial charge in [-0.3, -0.25) is 4.98 Å². The molecule has 0 aliphatic carbocycles. The van der Waals surface area contributed by atoms with Crippen molar-refractivity contribution in [3.05, 3.63) is 43.0 Å². The Balaban J connectivity index is 0.00000161. The minimum atomic E-state index is 0. The summed E-state index contributed by atoms with van der Waals surface area (Å²) >= 11 is 0. The molecule has 9 heteroatoms. The molecule has 3 rings (SSSR count). The van der Waals surface area contributed by atoms with E-state index in [4.69, 9.17) is 0 Å². The first kappa shape index (κ1) is 21.7. The van der Waals surface area contributed by atoms with Crippen molar-refractivity contribution >= 4 is 48.9 Å². The molecule has 2 N–H and O–H groups in total. The number of hydrogen-bond donors (Lipinski definition) is 2. The number of piperazine rings is 1. The van der Waals surface area contributed by atoms with Crippen LogP contribution in [-0.4, -0.2) is 47.2 Å². The number of anilines is 2. The number of rotatable bonds is 4. The van der Waals surface area contributed by atoms with Crippen LogP contribution in [0.3, 0.4) is 0 Å². The molecule has 0 bridgehead atoms. The van der Waals surface area contributed by atoms with Crippen LogP contribution in [0.25, 0.3) is 0 Å². The number of nitrogens with one attached hydrogen (secondary N) is 2. The lowest BCUT2D eigenvalue weighted by molar-refractivity contribution is 0.481. The highest BCUT2D eigenvalue weighted by Crippen LogP contribution is 2.13. The van der Waals surface area contributed by atoms with Crippen LogP contribution in [0.2, 0.25) is 0 Å². The van der Waals surface area contributed by atoms with E-state index in [2.05, 4.69) is 30.5 Å². The van der Waals surface area contributed by atoms with Crippen molar-refractivity contribution in [1.29, 1.82) is 0 Å². The van der Waals surface area contributed by atoms with E-state index in [1.54, 1.807) is 18.6 Å². The molecule has 128 valence electrons. The lowest BCUT2D eigenvalue weighted by Gasteiger charge is -2.36. The van der Waals surface area contributed by atoms with Gasteiger partial charge in [0.05, 0.1) is 11.7 Å². The Morgan fingerprint density at radius 2 is 1.91 bits per heavy atom. The van der Waals surface area contributed by atoms with Gasteiger partial charge in [-0.1, -0.05) is 0 Å². The van der Waals surface area contributed by atoms with Gasteiger partial charge in [0.1, 0.15) is 0 Å². The third-order valence-electron chi connectivity index (χ3n) is 3.36. The number of nitrogens with zero attached hydrogens (tertiary/aromatic N) is 4. The van der Waals surface area contributed by atoms with E-state index in [1.165, 1.54) is 0 Å². The Kier molecular flexibility index (Phi) is 10.6. The summed E-state index contributed by atoms with van der Waals surface area (Å²) in [6.45, 7) is 3.63. The van der Waals surface area contributed by atoms with Gasteiger partial charge in [0.15, 0.2) is 0 Å². The van der Waals surface area contributed by atoms with Crippen molar-refractivity contribution in [2.45, 2.75) is 6.04 Å². The Bertz CT molecular complexity index is 531. The Morgan fingerprint density at radius 1 is 1.13 bits per heavy atom. The molecule has 6 nitrogen and oxygen atoms in total. The first-order valence-corrected chi connectivity index (χ1v) is 6.82. The van der Waals surface area contributed by atoms with Gasteiger partial charge in [-0.15, -0.1) is 37.2 Å². The smallest absolute Gasteiger partial charge is 0.225 e. The van der Waals surface area contributed by atoms with E-state index < -0.39 is 0 Å². The third kappa shape index (κ3) is 5.99. The van der Waals surface area contributed by atoms with Gasteiger partial charge in [0.25, 0.3) is 0 Å². The molecule has 0 saturated carbocycles. The van der Waals surface area contributed by atoms with Crippen LogP contribution in [-0.2, 0) is 0 Å². The van der Waals surface area contributed by atoms with E-state index in [-0.39, 0.29) is 37.2 Å². The Hall–Kier alpha value is -1.34. The second-order valence-corrected chi connectivity index (χ2v) is 4.72. The highest BCUT2D eigenvalue weighted by Gasteiger charge is 2.23. The van der Waals surface area contributed by atoms with Gasteiger partial charge in [0, 0.05) is 51.0 Å². The molecule has 23 heavy (non-hydrogen) atoms. The van der Waals surface area contributed by atoms with Crippen LogP contribution in [0.4, 0.5) is 11.6 Å². The fourth-order valence-electron chi connectivity index (χ4n) is 2.35. The normalized spacial score (nSPS) is 16.3. The lowest BCUT2D eigenvalue weighted by Crippen LogP contribution is -2.54. The molecule has 1 saturated heterocycles. The summed E-state index contributed by atoms with van der Waals surface area (Å²) in [5.74, 6) is 0.798. The fraction of sp³-hybridized carbons (Fsp3) is 0.357. The van der Waals surface area contributed by atoms with Crippen LogP contribution >= 0.6 is 37.2 Å². The summed E-state index contributed by atoms with van der Waals surface area (Å²) in [6.07, 6.45) is 7.18. The Labute approximate surface area is 154 Å². The summed E-state index contributed by atoms with van der Waals surface area (Å²) in [7, 11) is 0. The van der Waals surface area contributed by atoms with Crippen LogP contribution in [0, 0.1) is 0 Å². The van der Waals surface area contributed by atoms with Crippen molar-refractivity contribution in [3.8, 4) is 0 Å². The molecule has 0 aromatic carbocycles. The molecule has 1 aliphatic heterocycles. The predicted octanol–water partition coefficient (Wildman–Crippen LogP) is 2.03. The van der Waals surface area contributed by atoms with Gasteiger partial charge in [-0.25, -0.2) is 9.97 Å². The third-order valence-corrected chi connectivity index (χ3v) is 3.36. The van der Waals surface area contributed by atoms with Crippen molar-refractivity contribution in [1.82, 2.24) is 20.3 Å². The highest BCUT2D eigenvalue weighted by molar-refractivity contribution is 5.86. The van der Waals surface area contributed by atoms with Crippen molar-refractivity contribution in [3.63, 3.8) is 0 Å². The summed E-state index contributed by atoms with van der Waals surface area (Å²) in [4.78, 5) is 15.1. The number of hydrogen-bond acceptors (Lipinski definition) is 6. The molecular weight excluding hydrogens is 359 g/mol. The van der Waals surface area contributed by atoms with Crippen LogP contribution in [0.15, 0.2) is 43.0 Å². The average Bonchev–Trinajstić information content (AvgIpc) is 2.55. The largest absolute Gasteiger partial charge is 0.382 e. The molecule has 3 heterocycles. The molecule has 1 unspecified atom stereocenters. The van der Waals surface area contributed by atoms with Gasteiger partial charge >= 0.3 is 0 Å². The van der Waals surface area contributed by atoms with Crippen molar-refractivity contribution in [2.75, 3.05) is 36.4 Å². The zero-order valence-corrected chi connectivity index (χ0v) is 14.9. The molecule has 0 amide bonds. The molecular formula is C14H21Cl3N6. The van der Waals surface area contributed by atoms with E-state index in [1.807, 2.05) is 24.4 Å². The van der Waals surface area contributed by atoms with Gasteiger partial charge in [0.2, 0.25) is 5.95 Å². The summed E-state index contributed by atoms with van der Waals surface area (Å²) in [6, 6.07) is 6.12. The Morgan fingerprint density at radius 3 is 2.61 bits per heavy atom. The van der Waals surface area contributed by atoms with E-state index in [0.29, 0.717) is 6.04 Å². The van der Waals surface area contributed by atoms with Crippen molar-refractivity contribution < 1.29 is 0 Å². The molecule has 1 fully saturated rings. The maximum Gasteiger partial charge on any atom is 0.225 e. The summed E-state index contributed by atoms with van der Waals surface area (Å²) in [5.41, 5.74) is 1.03. The minimum Gasteiger partial charge on any atom is -0.382 e. The second kappa shape index (κ2) is 11.2. The van der Waals surface area contributed by atoms with Crippen LogP contribution in [0.5, 0.6) is 0 Å². The average molecular weight is 380 g/mol. The predicted molar refractivity (Wildman–Crippen MR) is 101 cm³/mol. The second-order valence-electron chi connectivity index (χ2n) is 4.72. The van der Waals surface area contributed by atoms with Gasteiger partial charge in [-0.2, -0.15) is 0 Å². The standard InChI is InChI=1S/C14H18N6.3ClH/c1-3-12(9-15-4-1)19-11-13-10-16-7-8-20(13)14-17-5-2-6-18-14;;;/h1-6,9,13,16,19H,7-8,10-11H2;3*1H. The fourth-order valence-corrected chi connectivity index (χ4v) is 2.35. The van der Waals surface area contributed by atoms with Gasteiger partial charge in [-0.05, 0) is 18.2 Å². The molecule has 2 aromatic rings. The number of halogens is 3. The van der Waals surface area contributed by atoms with Gasteiger partial charge < -0.3 is 15.5 Å². The summed E-state index contributed by atoms with van der Waals surface area (Å²) in [5, 5.41) is 6.83. The maximum atomic E-state index is 4.35. The first-order valence-electron chi connectivity index (χ1n) is 6.82. The topological polar surface area (TPSA) is 66.0 Å². The molecule has 0 spiro atoms. The monoisotopic (exact) mass is 378 g/mol. The number of aromatic nitrogens is 3. The summed E-state index contributed by atoms with van der Waals surface area (Å²) < 4.78 is 0. The quantitative estimate of drug-likeness (QED) is 0.847. The first-order chi connectivity index (χ1) is 9.93. The maximum absolute atomic E-state index is 4.35. The van der Waals surface area contributed by atoms with Crippen molar-refractivity contribution in [2.24, 2.45) is 0 Å². The van der Waals surface area contributed by atoms with Crippen LogP contribution in [0.1, 0.15) is 0 Å². The van der Waals surface area contributed by atoms with E-state index in [0.717, 1.165) is 37.8 Å². The highest BCUT2D eigenvalue weighted by atomic mass is 35.5. The van der Waals surface area contributed by atoms with Crippen LogP contribution < -0.4 is 15.5 Å². The molecule has 1 atom stereocenters. The minimum absolute atomic E-state index is 0. The lowest BCUT2D eigenvalue weighted by atomic mass is 10.2. The SMILES string of the molecule is Cl.Cl.Cl.c1cnc(N2CCNCC2CNc2cccnc2)nc1. The van der Waals surface area contributed by atoms with E-state index >= 15 is 0 Å². The number of pyridine rings is 1. The molecule has 0 radical (unpaired) electrons. The molecule has 1 aliphatic rings. The zero-order valence-electron chi connectivity index (χ0n) is 12.5.